The van der Waals surface area contributed by atoms with Gasteiger partial charge in [-0.05, 0) is 35.4 Å². The molecule has 3 nitrogen and oxygen atoms in total. The highest BCUT2D eigenvalue weighted by molar-refractivity contribution is 5.61. The number of benzene rings is 1. The Morgan fingerprint density at radius 1 is 0.952 bits per heavy atom. The number of hydrogen-bond acceptors (Lipinski definition) is 2. The van der Waals surface area contributed by atoms with Crippen LogP contribution in [0.25, 0.3) is 11.1 Å². The molecule has 0 spiro atoms. The second-order valence-electron chi connectivity index (χ2n) is 4.81. The first-order chi connectivity index (χ1) is 10.3. The Bertz CT molecular complexity index is 772. The van der Waals surface area contributed by atoms with Gasteiger partial charge in [-0.15, -0.1) is 0 Å². The van der Waals surface area contributed by atoms with Gasteiger partial charge >= 0.3 is 0 Å². The molecule has 0 saturated carbocycles. The van der Waals surface area contributed by atoms with Crippen molar-refractivity contribution in [1.82, 2.24) is 4.98 Å². The van der Waals surface area contributed by atoms with E-state index < -0.39 is 0 Å². The standard InChI is InChI=1S/C18H14N3/c19-13-15-2-1-3-16(12-15)14-21-10-6-18(7-11-21)17-4-8-20-9-5-17/h1-12H,14H2/q+1. The van der Waals surface area contributed by atoms with E-state index in [1.165, 1.54) is 5.56 Å². The lowest BCUT2D eigenvalue weighted by molar-refractivity contribution is -0.688. The predicted octanol–water partition coefficient (Wildman–Crippen LogP) is 2.96. The minimum absolute atomic E-state index is 0.696. The van der Waals surface area contributed by atoms with Crippen molar-refractivity contribution in [2.45, 2.75) is 6.54 Å². The summed E-state index contributed by atoms with van der Waals surface area (Å²) in [5.41, 5.74) is 4.14. The van der Waals surface area contributed by atoms with Gasteiger partial charge in [-0.25, -0.2) is 4.57 Å². The quantitative estimate of drug-likeness (QED) is 0.688. The van der Waals surface area contributed by atoms with Crippen LogP contribution in [0.3, 0.4) is 0 Å². The summed E-state index contributed by atoms with van der Waals surface area (Å²) in [6.07, 6.45) is 7.69. The van der Waals surface area contributed by atoms with Crippen molar-refractivity contribution < 1.29 is 4.57 Å². The maximum Gasteiger partial charge on any atom is 0.173 e. The van der Waals surface area contributed by atoms with Gasteiger partial charge in [-0.1, -0.05) is 12.1 Å². The van der Waals surface area contributed by atoms with Gasteiger partial charge in [0.25, 0.3) is 0 Å². The predicted molar refractivity (Wildman–Crippen MR) is 80.1 cm³/mol. The molecule has 0 aliphatic carbocycles. The molecule has 0 fully saturated rings. The molecular weight excluding hydrogens is 258 g/mol. The number of nitriles is 1. The molecule has 2 heterocycles. The number of pyridine rings is 2. The van der Waals surface area contributed by atoms with E-state index in [1.807, 2.05) is 36.4 Å². The van der Waals surface area contributed by atoms with Crippen LogP contribution in [0.15, 0.2) is 73.3 Å². The van der Waals surface area contributed by atoms with Gasteiger partial charge in [0.15, 0.2) is 18.9 Å². The SMILES string of the molecule is N#Cc1cccc(C[n+]2ccc(-c3ccncc3)cc2)c1. The molecule has 0 amide bonds. The van der Waals surface area contributed by atoms with Gasteiger partial charge in [-0.2, -0.15) is 5.26 Å². The van der Waals surface area contributed by atoms with Crippen molar-refractivity contribution in [1.29, 1.82) is 5.26 Å². The second-order valence-corrected chi connectivity index (χ2v) is 4.81. The highest BCUT2D eigenvalue weighted by Gasteiger charge is 2.05. The summed E-state index contributed by atoms with van der Waals surface area (Å²) in [5.74, 6) is 0. The van der Waals surface area contributed by atoms with Crippen LogP contribution in [0.2, 0.25) is 0 Å². The van der Waals surface area contributed by atoms with E-state index in [9.17, 15) is 0 Å². The molecule has 3 rings (SSSR count). The molecule has 0 N–H and O–H groups in total. The van der Waals surface area contributed by atoms with Crippen molar-refractivity contribution in [2.24, 2.45) is 0 Å². The molecule has 0 radical (unpaired) electrons. The third-order valence-electron chi connectivity index (χ3n) is 3.33. The first-order valence-corrected chi connectivity index (χ1v) is 6.74. The maximum absolute atomic E-state index is 8.93. The summed E-state index contributed by atoms with van der Waals surface area (Å²) in [5, 5.41) is 8.93. The third kappa shape index (κ3) is 3.13. The summed E-state index contributed by atoms with van der Waals surface area (Å²) < 4.78 is 2.10. The molecular formula is C18H14N3+. The first kappa shape index (κ1) is 13.0. The average molecular weight is 272 g/mol. The molecule has 0 atom stereocenters. The third-order valence-corrected chi connectivity index (χ3v) is 3.33. The van der Waals surface area contributed by atoms with E-state index in [2.05, 4.69) is 40.1 Å². The van der Waals surface area contributed by atoms with Gasteiger partial charge in [0.1, 0.15) is 0 Å². The number of aromatic nitrogens is 2. The van der Waals surface area contributed by atoms with E-state index in [4.69, 9.17) is 5.26 Å². The molecule has 3 heteroatoms. The fourth-order valence-electron chi connectivity index (χ4n) is 2.25. The van der Waals surface area contributed by atoms with E-state index >= 15 is 0 Å². The molecule has 0 aliphatic rings. The zero-order chi connectivity index (χ0) is 14.5. The maximum atomic E-state index is 8.93. The molecule has 0 unspecified atom stereocenters. The molecule has 2 aromatic heterocycles. The highest BCUT2D eigenvalue weighted by atomic mass is 14.9. The minimum Gasteiger partial charge on any atom is -0.265 e. The molecule has 0 saturated heterocycles. The van der Waals surface area contributed by atoms with Crippen LogP contribution >= 0.6 is 0 Å². The van der Waals surface area contributed by atoms with Crippen LogP contribution < -0.4 is 4.57 Å². The number of rotatable bonds is 3. The Hall–Kier alpha value is -2.99. The Balaban J connectivity index is 1.80. The Morgan fingerprint density at radius 3 is 2.38 bits per heavy atom. The summed E-state index contributed by atoms with van der Waals surface area (Å²) >= 11 is 0. The van der Waals surface area contributed by atoms with Gasteiger partial charge in [0.05, 0.1) is 11.6 Å². The van der Waals surface area contributed by atoms with Gasteiger partial charge < -0.3 is 0 Å². The van der Waals surface area contributed by atoms with Crippen molar-refractivity contribution in [3.63, 3.8) is 0 Å². The highest BCUT2D eigenvalue weighted by Crippen LogP contribution is 2.15. The normalized spacial score (nSPS) is 10.0. The Kier molecular flexibility index (Phi) is 3.70. The molecule has 100 valence electrons. The van der Waals surface area contributed by atoms with E-state index in [-0.39, 0.29) is 0 Å². The summed E-state index contributed by atoms with van der Waals surface area (Å²) in [6, 6.07) is 18.0. The van der Waals surface area contributed by atoms with Crippen molar-refractivity contribution in [3.8, 4) is 17.2 Å². The Labute approximate surface area is 123 Å². The molecule has 0 bridgehead atoms. The lowest BCUT2D eigenvalue weighted by Crippen LogP contribution is -2.33. The lowest BCUT2D eigenvalue weighted by Gasteiger charge is -2.01. The van der Waals surface area contributed by atoms with E-state index in [0.29, 0.717) is 5.56 Å². The fourth-order valence-corrected chi connectivity index (χ4v) is 2.25. The monoisotopic (exact) mass is 272 g/mol. The van der Waals surface area contributed by atoms with E-state index in [0.717, 1.165) is 17.7 Å². The van der Waals surface area contributed by atoms with Crippen LogP contribution in [0.4, 0.5) is 0 Å². The summed E-state index contributed by atoms with van der Waals surface area (Å²) in [4.78, 5) is 4.03. The minimum atomic E-state index is 0.696. The summed E-state index contributed by atoms with van der Waals surface area (Å²) in [7, 11) is 0. The Morgan fingerprint density at radius 2 is 1.67 bits per heavy atom. The van der Waals surface area contributed by atoms with Gasteiger partial charge in [0, 0.05) is 30.1 Å². The molecule has 3 aromatic rings. The summed E-state index contributed by atoms with van der Waals surface area (Å²) in [6.45, 7) is 0.756. The largest absolute Gasteiger partial charge is 0.265 e. The molecule has 21 heavy (non-hydrogen) atoms. The van der Waals surface area contributed by atoms with Crippen LogP contribution in [0, 0.1) is 11.3 Å². The van der Waals surface area contributed by atoms with Crippen LogP contribution in [-0.2, 0) is 6.54 Å². The van der Waals surface area contributed by atoms with Crippen LogP contribution in [0.1, 0.15) is 11.1 Å². The average Bonchev–Trinajstić information content (AvgIpc) is 2.56. The van der Waals surface area contributed by atoms with Gasteiger partial charge in [-0.3, -0.25) is 4.98 Å². The smallest absolute Gasteiger partial charge is 0.173 e. The van der Waals surface area contributed by atoms with Gasteiger partial charge in [0.2, 0.25) is 0 Å². The fraction of sp³-hybridized carbons (Fsp3) is 0.0556. The molecule has 0 aliphatic heterocycles. The van der Waals surface area contributed by atoms with Crippen molar-refractivity contribution in [2.75, 3.05) is 0 Å². The molecule has 1 aromatic carbocycles. The van der Waals surface area contributed by atoms with Crippen LogP contribution in [0.5, 0.6) is 0 Å². The van der Waals surface area contributed by atoms with E-state index in [1.54, 1.807) is 12.4 Å². The number of hydrogen-bond donors (Lipinski definition) is 0. The second kappa shape index (κ2) is 5.98. The van der Waals surface area contributed by atoms with Crippen LogP contribution in [-0.4, -0.2) is 4.98 Å². The van der Waals surface area contributed by atoms with Crippen molar-refractivity contribution in [3.05, 3.63) is 84.4 Å². The zero-order valence-corrected chi connectivity index (χ0v) is 11.5. The zero-order valence-electron chi connectivity index (χ0n) is 11.5. The first-order valence-electron chi connectivity index (χ1n) is 6.74. The van der Waals surface area contributed by atoms with Crippen molar-refractivity contribution >= 4 is 0 Å². The number of nitrogens with zero attached hydrogens (tertiary/aromatic N) is 3. The lowest BCUT2D eigenvalue weighted by atomic mass is 10.1. The topological polar surface area (TPSA) is 40.6 Å².